The molecule has 2 bridgehead atoms. The topological polar surface area (TPSA) is 105 Å². The van der Waals surface area contributed by atoms with Gasteiger partial charge in [-0.15, -0.1) is 0 Å². The molecule has 160 valence electrons. The van der Waals surface area contributed by atoms with Gasteiger partial charge in [0.25, 0.3) is 5.91 Å². The predicted octanol–water partition coefficient (Wildman–Crippen LogP) is 1.61. The number of hydrogen-bond donors (Lipinski definition) is 2. The van der Waals surface area contributed by atoms with Crippen molar-refractivity contribution in [2.24, 2.45) is 11.7 Å². The van der Waals surface area contributed by atoms with E-state index in [1.165, 1.54) is 6.42 Å². The van der Waals surface area contributed by atoms with Gasteiger partial charge in [-0.05, 0) is 37.3 Å². The Kier molecular flexibility index (Phi) is 4.99. The summed E-state index contributed by atoms with van der Waals surface area (Å²) in [5.74, 6) is 1.28. The highest BCUT2D eigenvalue weighted by molar-refractivity contribution is 6.04. The van der Waals surface area contributed by atoms with Gasteiger partial charge in [0.2, 0.25) is 5.91 Å². The molecule has 1 saturated carbocycles. The van der Waals surface area contributed by atoms with Crippen LogP contribution in [-0.4, -0.2) is 71.0 Å². The number of imidazole rings is 1. The SMILES string of the molecule is NC(=O)c1cccc2[nH]c([C@@]34CCC[C@@H](CN3CCC(=O)N3CCOCC3)C4)nc12. The number of carbonyl (C=O) groups is 2. The van der Waals surface area contributed by atoms with Crippen LogP contribution in [0.5, 0.6) is 0 Å². The van der Waals surface area contributed by atoms with Gasteiger partial charge in [0.05, 0.1) is 29.8 Å². The minimum Gasteiger partial charge on any atom is -0.378 e. The fourth-order valence-electron chi connectivity index (χ4n) is 5.62. The fourth-order valence-corrected chi connectivity index (χ4v) is 5.62. The second-order valence-corrected chi connectivity index (χ2v) is 8.83. The van der Waals surface area contributed by atoms with Crippen LogP contribution in [0.2, 0.25) is 0 Å². The molecule has 3 heterocycles. The third-order valence-electron chi connectivity index (χ3n) is 7.09. The first-order valence-electron chi connectivity index (χ1n) is 11.0. The second-order valence-electron chi connectivity index (χ2n) is 8.83. The van der Waals surface area contributed by atoms with E-state index in [9.17, 15) is 9.59 Å². The molecule has 0 spiro atoms. The molecule has 30 heavy (non-hydrogen) atoms. The van der Waals surface area contributed by atoms with Crippen LogP contribution in [0.1, 0.15) is 48.3 Å². The van der Waals surface area contributed by atoms with Crippen molar-refractivity contribution in [3.8, 4) is 0 Å². The third kappa shape index (κ3) is 3.28. The lowest BCUT2D eigenvalue weighted by Crippen LogP contribution is -2.45. The average Bonchev–Trinajstić information content (AvgIpc) is 3.31. The number of nitrogens with zero attached hydrogens (tertiary/aromatic N) is 3. The number of ether oxygens (including phenoxy) is 1. The van der Waals surface area contributed by atoms with E-state index in [2.05, 4.69) is 9.88 Å². The Hall–Kier alpha value is -2.45. The van der Waals surface area contributed by atoms with Crippen molar-refractivity contribution in [3.63, 3.8) is 0 Å². The van der Waals surface area contributed by atoms with E-state index in [-0.39, 0.29) is 11.4 Å². The van der Waals surface area contributed by atoms with Crippen molar-refractivity contribution in [3.05, 3.63) is 29.6 Å². The van der Waals surface area contributed by atoms with Crippen molar-refractivity contribution in [1.82, 2.24) is 19.8 Å². The average molecular weight is 412 g/mol. The number of nitrogens with two attached hydrogens (primary N) is 1. The Morgan fingerprint density at radius 3 is 2.93 bits per heavy atom. The van der Waals surface area contributed by atoms with E-state index in [1.54, 1.807) is 6.07 Å². The minimum absolute atomic E-state index is 0.192. The van der Waals surface area contributed by atoms with Crippen LogP contribution in [0.15, 0.2) is 18.2 Å². The van der Waals surface area contributed by atoms with Crippen LogP contribution in [0.4, 0.5) is 0 Å². The molecule has 5 rings (SSSR count). The Morgan fingerprint density at radius 1 is 1.30 bits per heavy atom. The maximum atomic E-state index is 12.7. The number of nitrogens with one attached hydrogen (secondary N) is 1. The summed E-state index contributed by atoms with van der Waals surface area (Å²) in [4.78, 5) is 37.3. The summed E-state index contributed by atoms with van der Waals surface area (Å²) in [6.07, 6.45) is 4.95. The number of amides is 2. The Balaban J connectivity index is 1.41. The zero-order valence-corrected chi connectivity index (χ0v) is 17.2. The lowest BCUT2D eigenvalue weighted by molar-refractivity contribution is -0.135. The minimum atomic E-state index is -0.461. The van der Waals surface area contributed by atoms with Gasteiger partial charge in [-0.1, -0.05) is 12.5 Å². The largest absolute Gasteiger partial charge is 0.378 e. The molecule has 3 aliphatic rings. The number of H-pyrrole nitrogens is 1. The standard InChI is InChI=1S/C22H29N5O3/c23-20(29)16-4-1-5-17-19(16)25-21(24-17)22-7-2-3-15(13-22)14-27(22)8-6-18(28)26-9-11-30-12-10-26/h1,4-5,15H,2-3,6-14H2,(H2,23,29)(H,24,25)/t15-,22+/m1/s1. The monoisotopic (exact) mass is 411 g/mol. The number of hydrogen-bond acceptors (Lipinski definition) is 5. The normalized spacial score (nSPS) is 26.9. The van der Waals surface area contributed by atoms with Crippen LogP contribution < -0.4 is 5.73 Å². The summed E-state index contributed by atoms with van der Waals surface area (Å²) in [7, 11) is 0. The van der Waals surface area contributed by atoms with Crippen molar-refractivity contribution in [1.29, 1.82) is 0 Å². The molecule has 1 aromatic heterocycles. The van der Waals surface area contributed by atoms with Gasteiger partial charge in [-0.3, -0.25) is 14.5 Å². The molecule has 1 aromatic carbocycles. The lowest BCUT2D eigenvalue weighted by atomic mass is 9.79. The zero-order valence-electron chi connectivity index (χ0n) is 17.2. The molecule has 8 nitrogen and oxygen atoms in total. The Bertz CT molecular complexity index is 967. The Morgan fingerprint density at radius 2 is 2.13 bits per heavy atom. The second kappa shape index (κ2) is 7.67. The summed E-state index contributed by atoms with van der Waals surface area (Å²) < 4.78 is 5.36. The van der Waals surface area contributed by atoms with Gasteiger partial charge in [-0.2, -0.15) is 0 Å². The zero-order chi connectivity index (χ0) is 20.7. The summed E-state index contributed by atoms with van der Waals surface area (Å²) in [5, 5.41) is 0. The number of primary amides is 1. The molecular formula is C22H29N5O3. The molecule has 0 unspecified atom stereocenters. The van der Waals surface area contributed by atoms with Crippen molar-refractivity contribution < 1.29 is 14.3 Å². The summed E-state index contributed by atoms with van der Waals surface area (Å²) in [6, 6.07) is 5.50. The highest BCUT2D eigenvalue weighted by Crippen LogP contribution is 2.50. The molecule has 8 heteroatoms. The summed E-state index contributed by atoms with van der Waals surface area (Å²) >= 11 is 0. The molecule has 3 N–H and O–H groups in total. The molecule has 2 amide bonds. The van der Waals surface area contributed by atoms with Gasteiger partial charge in [0, 0.05) is 32.6 Å². The number of rotatable bonds is 5. The number of carbonyl (C=O) groups excluding carboxylic acids is 2. The van der Waals surface area contributed by atoms with E-state index in [0.29, 0.717) is 49.7 Å². The molecule has 0 radical (unpaired) electrons. The van der Waals surface area contributed by atoms with E-state index in [4.69, 9.17) is 15.5 Å². The highest BCUT2D eigenvalue weighted by Gasteiger charge is 2.50. The van der Waals surface area contributed by atoms with Crippen LogP contribution >= 0.6 is 0 Å². The highest BCUT2D eigenvalue weighted by atomic mass is 16.5. The van der Waals surface area contributed by atoms with Crippen LogP contribution in [0.3, 0.4) is 0 Å². The van der Waals surface area contributed by atoms with Gasteiger partial charge in [-0.25, -0.2) is 4.98 Å². The van der Waals surface area contributed by atoms with Gasteiger partial charge >= 0.3 is 0 Å². The Labute approximate surface area is 175 Å². The third-order valence-corrected chi connectivity index (χ3v) is 7.09. The van der Waals surface area contributed by atoms with Crippen molar-refractivity contribution in [2.45, 2.75) is 37.6 Å². The number of aromatic nitrogens is 2. The molecule has 3 fully saturated rings. The smallest absolute Gasteiger partial charge is 0.250 e. The molecule has 2 aromatic rings. The number of likely N-dealkylation sites (tertiary alicyclic amines) is 1. The lowest BCUT2D eigenvalue weighted by Gasteiger charge is -2.38. The van der Waals surface area contributed by atoms with Crippen LogP contribution in [-0.2, 0) is 15.1 Å². The predicted molar refractivity (Wildman–Crippen MR) is 112 cm³/mol. The van der Waals surface area contributed by atoms with E-state index >= 15 is 0 Å². The molecule has 2 aliphatic heterocycles. The van der Waals surface area contributed by atoms with Gasteiger partial charge < -0.3 is 20.4 Å². The molecular weight excluding hydrogens is 382 g/mol. The summed E-state index contributed by atoms with van der Waals surface area (Å²) in [6.45, 7) is 4.35. The molecule has 2 saturated heterocycles. The molecule has 1 aliphatic carbocycles. The molecule has 2 atom stereocenters. The van der Waals surface area contributed by atoms with Gasteiger partial charge in [0.15, 0.2) is 0 Å². The van der Waals surface area contributed by atoms with Crippen molar-refractivity contribution >= 4 is 22.8 Å². The first kappa shape index (κ1) is 19.5. The number of benzene rings is 1. The fraction of sp³-hybridized carbons (Fsp3) is 0.591. The van der Waals surface area contributed by atoms with Crippen LogP contribution in [0.25, 0.3) is 11.0 Å². The maximum absolute atomic E-state index is 12.7. The number of fused-ring (bicyclic) bond motifs is 3. The van der Waals surface area contributed by atoms with Crippen LogP contribution in [0, 0.1) is 5.92 Å². The van der Waals surface area contributed by atoms with Crippen molar-refractivity contribution in [2.75, 3.05) is 39.4 Å². The quantitative estimate of drug-likeness (QED) is 0.778. The summed E-state index contributed by atoms with van der Waals surface area (Å²) in [5.41, 5.74) is 7.31. The number of aromatic amines is 1. The van der Waals surface area contributed by atoms with E-state index in [1.807, 2.05) is 17.0 Å². The maximum Gasteiger partial charge on any atom is 0.250 e. The number of morpholine rings is 1. The number of para-hydroxylation sites is 1. The first-order chi connectivity index (χ1) is 14.6. The van der Waals surface area contributed by atoms with E-state index < -0.39 is 5.91 Å². The van der Waals surface area contributed by atoms with Gasteiger partial charge in [0.1, 0.15) is 11.3 Å². The first-order valence-corrected chi connectivity index (χ1v) is 11.0. The van der Waals surface area contributed by atoms with E-state index in [0.717, 1.165) is 43.7 Å².